The molecule has 0 aliphatic carbocycles. The molecule has 70 valence electrons. The van der Waals surface area contributed by atoms with Gasteiger partial charge in [0.2, 0.25) is 0 Å². The number of nitrogen functional groups attached to an aromatic ring is 1. The highest BCUT2D eigenvalue weighted by atomic mass is 35.5. The summed E-state index contributed by atoms with van der Waals surface area (Å²) in [5, 5.41) is 8.00. The molecule has 1 aromatic rings. The molecular weight excluding hydrogens is 190 g/mol. The summed E-state index contributed by atoms with van der Waals surface area (Å²) in [6, 6.07) is 1.77. The molecule has 2 rings (SSSR count). The quantitative estimate of drug-likeness (QED) is 0.739. The minimum Gasteiger partial charge on any atom is -0.396 e. The summed E-state index contributed by atoms with van der Waals surface area (Å²) in [7, 11) is 0. The Balaban J connectivity index is 2.25. The highest BCUT2D eigenvalue weighted by Crippen LogP contribution is 2.25. The molecule has 1 unspecified atom stereocenters. The maximum atomic E-state index is 5.66. The highest BCUT2D eigenvalue weighted by molar-refractivity contribution is 6.31. The predicted molar refractivity (Wildman–Crippen MR) is 49.6 cm³/mol. The largest absolute Gasteiger partial charge is 0.396 e. The van der Waals surface area contributed by atoms with E-state index in [1.54, 1.807) is 6.07 Å². The van der Waals surface area contributed by atoms with Gasteiger partial charge in [0.1, 0.15) is 0 Å². The number of nitrogens with two attached hydrogens (primary N) is 1. The molecule has 1 aromatic heterocycles. The van der Waals surface area contributed by atoms with E-state index in [-0.39, 0.29) is 5.15 Å². The van der Waals surface area contributed by atoms with Crippen molar-refractivity contribution in [3.05, 3.63) is 16.9 Å². The smallest absolute Gasteiger partial charge is 0.174 e. The second-order valence-electron chi connectivity index (χ2n) is 3.08. The molecule has 1 aliphatic rings. The predicted octanol–water partition coefficient (Wildman–Crippen LogP) is 1.22. The van der Waals surface area contributed by atoms with Crippen molar-refractivity contribution in [3.8, 4) is 0 Å². The Morgan fingerprint density at radius 3 is 3.00 bits per heavy atom. The maximum absolute atomic E-state index is 5.66. The Labute approximate surface area is 81.0 Å². The van der Waals surface area contributed by atoms with E-state index in [2.05, 4.69) is 10.2 Å². The van der Waals surface area contributed by atoms with Crippen LogP contribution in [-0.2, 0) is 4.74 Å². The molecule has 5 heteroatoms. The van der Waals surface area contributed by atoms with Crippen LogP contribution in [0, 0.1) is 0 Å². The molecule has 1 atom stereocenters. The lowest BCUT2D eigenvalue weighted by Crippen LogP contribution is -2.04. The zero-order chi connectivity index (χ0) is 9.26. The van der Waals surface area contributed by atoms with E-state index < -0.39 is 0 Å². The molecule has 0 spiro atoms. The summed E-state index contributed by atoms with van der Waals surface area (Å²) in [6.07, 6.45) is 0.982. The molecule has 4 nitrogen and oxygen atoms in total. The summed E-state index contributed by atoms with van der Waals surface area (Å²) >= 11 is 5.66. The van der Waals surface area contributed by atoms with Crippen molar-refractivity contribution >= 4 is 17.3 Å². The van der Waals surface area contributed by atoms with E-state index in [1.807, 2.05) is 0 Å². The second-order valence-corrected chi connectivity index (χ2v) is 3.43. The van der Waals surface area contributed by atoms with Crippen LogP contribution >= 0.6 is 11.6 Å². The van der Waals surface area contributed by atoms with Crippen LogP contribution in [0.15, 0.2) is 6.07 Å². The third-order valence-electron chi connectivity index (χ3n) is 2.14. The molecule has 0 saturated carbocycles. The Morgan fingerprint density at radius 2 is 2.38 bits per heavy atom. The molecular formula is C8H10ClN3O. The fraction of sp³-hybridized carbons (Fsp3) is 0.500. The lowest BCUT2D eigenvalue weighted by Gasteiger charge is -2.06. The van der Waals surface area contributed by atoms with E-state index >= 15 is 0 Å². The van der Waals surface area contributed by atoms with E-state index in [9.17, 15) is 0 Å². The van der Waals surface area contributed by atoms with Gasteiger partial charge in [0.25, 0.3) is 0 Å². The lowest BCUT2D eigenvalue weighted by atomic mass is 10.0. The van der Waals surface area contributed by atoms with Gasteiger partial charge in [-0.15, -0.1) is 5.10 Å². The standard InChI is InChI=1S/C8H10ClN3O/c9-8-6(10)3-7(11-12-8)5-1-2-13-4-5/h3,5H,1-2,4H2,(H2,10,11). The summed E-state index contributed by atoms with van der Waals surface area (Å²) < 4.78 is 5.24. The van der Waals surface area contributed by atoms with Crippen LogP contribution in [0.1, 0.15) is 18.0 Å². The molecule has 0 aromatic carbocycles. The summed E-state index contributed by atoms with van der Waals surface area (Å²) in [6.45, 7) is 1.49. The number of rotatable bonds is 1. The highest BCUT2D eigenvalue weighted by Gasteiger charge is 2.20. The van der Waals surface area contributed by atoms with E-state index in [0.29, 0.717) is 18.2 Å². The number of halogens is 1. The van der Waals surface area contributed by atoms with Crippen LogP contribution < -0.4 is 5.73 Å². The molecule has 2 heterocycles. The number of hydrogen-bond donors (Lipinski definition) is 1. The number of anilines is 1. The van der Waals surface area contributed by atoms with Crippen molar-refractivity contribution < 1.29 is 4.74 Å². The first-order chi connectivity index (χ1) is 6.27. The van der Waals surface area contributed by atoms with Crippen molar-refractivity contribution in [3.63, 3.8) is 0 Å². The van der Waals surface area contributed by atoms with E-state index in [0.717, 1.165) is 18.7 Å². The van der Waals surface area contributed by atoms with Crippen molar-refractivity contribution in [1.82, 2.24) is 10.2 Å². The number of nitrogens with zero attached hydrogens (tertiary/aromatic N) is 2. The van der Waals surface area contributed by atoms with Crippen LogP contribution in [0.4, 0.5) is 5.69 Å². The SMILES string of the molecule is Nc1cc(C2CCOC2)nnc1Cl. The molecule has 0 amide bonds. The third-order valence-corrected chi connectivity index (χ3v) is 2.44. The average Bonchev–Trinajstić information content (AvgIpc) is 2.62. The van der Waals surface area contributed by atoms with Crippen LogP contribution in [0.2, 0.25) is 5.15 Å². The molecule has 13 heavy (non-hydrogen) atoms. The Kier molecular flexibility index (Phi) is 2.33. The number of hydrogen-bond acceptors (Lipinski definition) is 4. The van der Waals surface area contributed by atoms with Crippen LogP contribution in [0.5, 0.6) is 0 Å². The first-order valence-electron chi connectivity index (χ1n) is 4.13. The average molecular weight is 200 g/mol. The monoisotopic (exact) mass is 199 g/mol. The molecule has 1 fully saturated rings. The van der Waals surface area contributed by atoms with Gasteiger partial charge in [-0.2, -0.15) is 5.10 Å². The van der Waals surface area contributed by atoms with Gasteiger partial charge in [-0.3, -0.25) is 0 Å². The first-order valence-corrected chi connectivity index (χ1v) is 4.51. The van der Waals surface area contributed by atoms with Crippen LogP contribution in [0.25, 0.3) is 0 Å². The van der Waals surface area contributed by atoms with Gasteiger partial charge in [-0.1, -0.05) is 11.6 Å². The van der Waals surface area contributed by atoms with Crippen molar-refractivity contribution in [2.75, 3.05) is 18.9 Å². The molecule has 2 N–H and O–H groups in total. The van der Waals surface area contributed by atoms with Gasteiger partial charge >= 0.3 is 0 Å². The Bertz CT molecular complexity index is 312. The fourth-order valence-electron chi connectivity index (χ4n) is 1.37. The van der Waals surface area contributed by atoms with Gasteiger partial charge in [0.15, 0.2) is 5.15 Å². The van der Waals surface area contributed by atoms with Gasteiger partial charge in [0.05, 0.1) is 18.0 Å². The third kappa shape index (κ3) is 1.73. The molecule has 0 radical (unpaired) electrons. The van der Waals surface area contributed by atoms with Crippen LogP contribution in [0.3, 0.4) is 0 Å². The van der Waals surface area contributed by atoms with Gasteiger partial charge in [-0.05, 0) is 12.5 Å². The Hall–Kier alpha value is -0.870. The summed E-state index contributed by atoms with van der Waals surface area (Å²) in [4.78, 5) is 0. The zero-order valence-electron chi connectivity index (χ0n) is 7.03. The normalized spacial score (nSPS) is 22.1. The van der Waals surface area contributed by atoms with Crippen LogP contribution in [-0.4, -0.2) is 23.4 Å². The zero-order valence-corrected chi connectivity index (χ0v) is 7.79. The minimum absolute atomic E-state index is 0.266. The maximum Gasteiger partial charge on any atom is 0.174 e. The first kappa shape index (κ1) is 8.72. The van der Waals surface area contributed by atoms with Crippen molar-refractivity contribution in [1.29, 1.82) is 0 Å². The topological polar surface area (TPSA) is 61.0 Å². The number of aromatic nitrogens is 2. The van der Waals surface area contributed by atoms with Crippen molar-refractivity contribution in [2.45, 2.75) is 12.3 Å². The van der Waals surface area contributed by atoms with Crippen molar-refractivity contribution in [2.24, 2.45) is 0 Å². The summed E-state index contributed by atoms with van der Waals surface area (Å²) in [5.41, 5.74) is 6.97. The molecule has 0 bridgehead atoms. The fourth-order valence-corrected chi connectivity index (χ4v) is 1.47. The summed E-state index contributed by atoms with van der Waals surface area (Å²) in [5.74, 6) is 0.326. The second kappa shape index (κ2) is 3.47. The number of ether oxygens (including phenoxy) is 1. The lowest BCUT2D eigenvalue weighted by molar-refractivity contribution is 0.193. The van der Waals surface area contributed by atoms with E-state index in [4.69, 9.17) is 22.1 Å². The minimum atomic E-state index is 0.266. The molecule has 1 saturated heterocycles. The molecule has 1 aliphatic heterocycles. The van der Waals surface area contributed by atoms with E-state index in [1.165, 1.54) is 0 Å². The Morgan fingerprint density at radius 1 is 1.54 bits per heavy atom. The van der Waals surface area contributed by atoms with Gasteiger partial charge in [0, 0.05) is 12.5 Å². The van der Waals surface area contributed by atoms with Gasteiger partial charge in [-0.25, -0.2) is 0 Å². The van der Waals surface area contributed by atoms with Gasteiger partial charge < -0.3 is 10.5 Å².